The van der Waals surface area contributed by atoms with E-state index in [0.717, 1.165) is 6.54 Å². The summed E-state index contributed by atoms with van der Waals surface area (Å²) in [6.45, 7) is 1.23. The molecule has 0 aliphatic carbocycles. The Hall–Kier alpha value is -1.46. The first-order valence-electron chi connectivity index (χ1n) is 3.95. The molecule has 0 aromatic carbocycles. The van der Waals surface area contributed by atoms with Crippen LogP contribution in [0.15, 0.2) is 5.11 Å². The van der Waals surface area contributed by atoms with Gasteiger partial charge in [-0.15, -0.1) is 0 Å². The molecule has 13 heavy (non-hydrogen) atoms. The zero-order chi connectivity index (χ0) is 9.68. The van der Waals surface area contributed by atoms with Crippen LogP contribution in [0.5, 0.6) is 0 Å². The smallest absolute Gasteiger partial charge is 0.404 e. The molecule has 72 valence electrons. The summed E-state index contributed by atoms with van der Waals surface area (Å²) in [5.41, 5.74) is 13.1. The van der Waals surface area contributed by atoms with Gasteiger partial charge in [0.2, 0.25) is 0 Å². The van der Waals surface area contributed by atoms with Gasteiger partial charge in [-0.2, -0.15) is 0 Å². The molecule has 1 saturated heterocycles. The van der Waals surface area contributed by atoms with Crippen LogP contribution in [0.1, 0.15) is 6.42 Å². The zero-order valence-corrected chi connectivity index (χ0v) is 7.01. The highest BCUT2D eigenvalue weighted by molar-refractivity contribution is 5.64. The molecule has 1 aliphatic heterocycles. The average Bonchev–Trinajstić information content (AvgIpc) is 2.08. The van der Waals surface area contributed by atoms with Crippen molar-refractivity contribution in [2.45, 2.75) is 18.6 Å². The third-order valence-electron chi connectivity index (χ3n) is 1.86. The monoisotopic (exact) mass is 185 g/mol. The maximum atomic E-state index is 10.5. The molecule has 0 spiro atoms. The molecule has 0 radical (unpaired) electrons. The van der Waals surface area contributed by atoms with Crippen molar-refractivity contribution in [3.63, 3.8) is 0 Å². The van der Waals surface area contributed by atoms with Crippen LogP contribution in [-0.2, 0) is 4.74 Å². The lowest BCUT2D eigenvalue weighted by molar-refractivity contribution is 0.0777. The Bertz CT molecular complexity index is 237. The van der Waals surface area contributed by atoms with E-state index in [-0.39, 0.29) is 6.04 Å². The molecule has 1 heterocycles. The van der Waals surface area contributed by atoms with Crippen molar-refractivity contribution in [3.8, 4) is 0 Å². The number of primary amides is 1. The van der Waals surface area contributed by atoms with Gasteiger partial charge < -0.3 is 15.8 Å². The highest BCUT2D eigenvalue weighted by Crippen LogP contribution is 2.11. The molecular formula is C6H11N5O2. The summed E-state index contributed by atoms with van der Waals surface area (Å²) in [6.07, 6.45) is -0.629. The zero-order valence-electron chi connectivity index (χ0n) is 7.01. The largest absolute Gasteiger partial charge is 0.445 e. The number of carbonyl (C=O) groups is 1. The molecule has 3 N–H and O–H groups in total. The molecule has 0 saturated carbocycles. The molecule has 2 atom stereocenters. The van der Waals surface area contributed by atoms with Crippen molar-refractivity contribution in [2.75, 3.05) is 13.1 Å². The lowest BCUT2D eigenvalue weighted by atomic mass is 10.0. The highest BCUT2D eigenvalue weighted by Gasteiger charge is 2.26. The average molecular weight is 185 g/mol. The molecule has 1 amide bonds. The fourth-order valence-electron chi connectivity index (χ4n) is 1.28. The predicted molar refractivity (Wildman–Crippen MR) is 44.9 cm³/mol. The lowest BCUT2D eigenvalue weighted by Gasteiger charge is -2.27. The summed E-state index contributed by atoms with van der Waals surface area (Å²) in [4.78, 5) is 13.1. The van der Waals surface area contributed by atoms with Crippen LogP contribution in [0.3, 0.4) is 0 Å². The Kier molecular flexibility index (Phi) is 3.36. The number of nitrogens with two attached hydrogens (primary N) is 1. The molecule has 7 heteroatoms. The Morgan fingerprint density at radius 2 is 2.54 bits per heavy atom. The van der Waals surface area contributed by atoms with Gasteiger partial charge in [-0.05, 0) is 18.5 Å². The minimum Gasteiger partial charge on any atom is -0.445 e. The minimum atomic E-state index is -0.841. The number of hydrogen-bond acceptors (Lipinski definition) is 4. The molecule has 0 aromatic heterocycles. The van der Waals surface area contributed by atoms with Crippen LogP contribution in [-0.4, -0.2) is 31.3 Å². The quantitative estimate of drug-likeness (QED) is 0.362. The van der Waals surface area contributed by atoms with E-state index >= 15 is 0 Å². The van der Waals surface area contributed by atoms with Crippen molar-refractivity contribution in [3.05, 3.63) is 10.4 Å². The molecule has 0 bridgehead atoms. The number of nitrogens with one attached hydrogen (secondary N) is 1. The van der Waals surface area contributed by atoms with Gasteiger partial charge in [-0.1, -0.05) is 5.11 Å². The summed E-state index contributed by atoms with van der Waals surface area (Å²) in [7, 11) is 0. The van der Waals surface area contributed by atoms with Gasteiger partial charge >= 0.3 is 6.09 Å². The number of carbonyl (C=O) groups excluding carboxylic acids is 1. The topological polar surface area (TPSA) is 113 Å². The van der Waals surface area contributed by atoms with E-state index in [1.54, 1.807) is 0 Å². The number of amides is 1. The van der Waals surface area contributed by atoms with E-state index in [0.29, 0.717) is 13.0 Å². The van der Waals surface area contributed by atoms with Crippen molar-refractivity contribution < 1.29 is 9.53 Å². The van der Waals surface area contributed by atoms with Gasteiger partial charge in [0.1, 0.15) is 6.10 Å². The lowest BCUT2D eigenvalue weighted by Crippen LogP contribution is -2.46. The van der Waals surface area contributed by atoms with Crippen molar-refractivity contribution in [2.24, 2.45) is 10.8 Å². The second-order valence-electron chi connectivity index (χ2n) is 2.74. The van der Waals surface area contributed by atoms with E-state index in [1.807, 2.05) is 0 Å². The van der Waals surface area contributed by atoms with E-state index in [2.05, 4.69) is 15.3 Å². The Morgan fingerprint density at radius 1 is 1.77 bits per heavy atom. The first-order valence-corrected chi connectivity index (χ1v) is 3.95. The highest BCUT2D eigenvalue weighted by atomic mass is 16.6. The van der Waals surface area contributed by atoms with Crippen molar-refractivity contribution in [1.29, 1.82) is 0 Å². The summed E-state index contributed by atoms with van der Waals surface area (Å²) >= 11 is 0. The molecule has 1 rings (SSSR count). The fourth-order valence-corrected chi connectivity index (χ4v) is 1.28. The number of rotatable bonds is 2. The molecule has 0 unspecified atom stereocenters. The van der Waals surface area contributed by atoms with Gasteiger partial charge in [0.05, 0.1) is 6.04 Å². The Morgan fingerprint density at radius 3 is 3.15 bits per heavy atom. The maximum absolute atomic E-state index is 10.5. The van der Waals surface area contributed by atoms with Crippen LogP contribution in [0.2, 0.25) is 0 Å². The number of ether oxygens (including phenoxy) is 1. The van der Waals surface area contributed by atoms with Gasteiger partial charge in [-0.3, -0.25) is 0 Å². The van der Waals surface area contributed by atoms with E-state index in [9.17, 15) is 4.79 Å². The summed E-state index contributed by atoms with van der Waals surface area (Å²) < 4.78 is 4.77. The second-order valence-corrected chi connectivity index (χ2v) is 2.74. The molecule has 1 aliphatic rings. The van der Waals surface area contributed by atoms with Crippen molar-refractivity contribution >= 4 is 6.09 Å². The van der Waals surface area contributed by atoms with Crippen LogP contribution in [0, 0.1) is 0 Å². The summed E-state index contributed by atoms with van der Waals surface area (Å²) in [5, 5.41) is 6.54. The SMILES string of the molecule is [N-]=[N+]=N[C@@H]1CCNC[C@H]1OC(N)=O. The number of nitrogens with zero attached hydrogens (tertiary/aromatic N) is 3. The Balaban J connectivity index is 2.55. The summed E-state index contributed by atoms with van der Waals surface area (Å²) in [5.74, 6) is 0. The minimum absolute atomic E-state index is 0.307. The predicted octanol–water partition coefficient (Wildman–Crippen LogP) is 0.123. The molecule has 0 aromatic rings. The van der Waals surface area contributed by atoms with Crippen LogP contribution in [0.4, 0.5) is 4.79 Å². The molecular weight excluding hydrogens is 174 g/mol. The first kappa shape index (κ1) is 9.63. The van der Waals surface area contributed by atoms with Gasteiger partial charge in [0.25, 0.3) is 0 Å². The number of piperidine rings is 1. The third kappa shape index (κ3) is 2.81. The Labute approximate surface area is 74.9 Å². The maximum Gasteiger partial charge on any atom is 0.404 e. The summed E-state index contributed by atoms with van der Waals surface area (Å²) in [6, 6.07) is -0.307. The fraction of sp³-hybridized carbons (Fsp3) is 0.833. The van der Waals surface area contributed by atoms with Gasteiger partial charge in [0.15, 0.2) is 0 Å². The normalized spacial score (nSPS) is 27.4. The second kappa shape index (κ2) is 4.54. The number of hydrogen-bond donors (Lipinski definition) is 2. The molecule has 1 fully saturated rings. The van der Waals surface area contributed by atoms with E-state index in [1.165, 1.54) is 0 Å². The van der Waals surface area contributed by atoms with Gasteiger partial charge in [0, 0.05) is 11.5 Å². The van der Waals surface area contributed by atoms with Crippen molar-refractivity contribution in [1.82, 2.24) is 5.32 Å². The number of azide groups is 1. The van der Waals surface area contributed by atoms with Crippen LogP contribution >= 0.6 is 0 Å². The van der Waals surface area contributed by atoms with E-state index < -0.39 is 12.2 Å². The van der Waals surface area contributed by atoms with Crippen LogP contribution < -0.4 is 11.1 Å². The van der Waals surface area contributed by atoms with Gasteiger partial charge in [-0.25, -0.2) is 4.79 Å². The molecule has 7 nitrogen and oxygen atoms in total. The van der Waals surface area contributed by atoms with E-state index in [4.69, 9.17) is 16.0 Å². The van der Waals surface area contributed by atoms with Crippen LogP contribution in [0.25, 0.3) is 10.4 Å². The third-order valence-corrected chi connectivity index (χ3v) is 1.86. The standard InChI is InChI=1S/C6H11N5O2/c7-6(12)13-5-3-9-2-1-4(5)10-11-8/h4-5,9H,1-3H2,(H2,7,12)/t4-,5-/m1/s1. The first-order chi connectivity index (χ1) is 6.24.